The molecule has 3 rings (SSSR count). The standard InChI is InChI=1S/C28H37NO7/c1-28(2,3)36-27(31)29-26(21-11-6-4-7-12-21)22-13-10-14-23(19-22)35-20-24(30)32-16-9-5-8-15-25-33-17-18-34-25/h4,6-7,10-14,19,25-26H,5,8-9,15-18,20H2,1-3H3,(H,29,31). The van der Waals surface area contributed by atoms with Crippen LogP contribution >= 0.6 is 0 Å². The van der Waals surface area contributed by atoms with Crippen LogP contribution in [0.1, 0.15) is 63.6 Å². The molecule has 1 saturated heterocycles. The van der Waals surface area contributed by atoms with E-state index in [9.17, 15) is 9.59 Å². The molecule has 0 spiro atoms. The Balaban J connectivity index is 1.49. The summed E-state index contributed by atoms with van der Waals surface area (Å²) in [7, 11) is 0. The first kappa shape index (κ1) is 27.5. The van der Waals surface area contributed by atoms with Gasteiger partial charge in [0.15, 0.2) is 12.9 Å². The van der Waals surface area contributed by atoms with Gasteiger partial charge in [0, 0.05) is 0 Å². The number of unbranched alkanes of at least 4 members (excludes halogenated alkanes) is 2. The fraction of sp³-hybridized carbons (Fsp3) is 0.500. The third-order valence-electron chi connectivity index (χ3n) is 5.38. The molecule has 2 aromatic carbocycles. The number of esters is 1. The zero-order chi connectivity index (χ0) is 25.8. The van der Waals surface area contributed by atoms with Gasteiger partial charge in [0.05, 0.1) is 25.9 Å². The highest BCUT2D eigenvalue weighted by molar-refractivity contribution is 5.71. The van der Waals surface area contributed by atoms with Crippen LogP contribution in [-0.4, -0.2) is 50.4 Å². The van der Waals surface area contributed by atoms with Crippen molar-refractivity contribution in [1.29, 1.82) is 0 Å². The number of carbonyl (C=O) groups excluding carboxylic acids is 2. The van der Waals surface area contributed by atoms with Crippen LogP contribution in [0.25, 0.3) is 0 Å². The van der Waals surface area contributed by atoms with Gasteiger partial charge in [-0.25, -0.2) is 9.59 Å². The highest BCUT2D eigenvalue weighted by atomic mass is 16.7. The molecule has 0 aromatic heterocycles. The van der Waals surface area contributed by atoms with E-state index in [0.29, 0.717) is 25.6 Å². The number of benzene rings is 2. The summed E-state index contributed by atoms with van der Waals surface area (Å²) in [5.41, 5.74) is 1.08. The van der Waals surface area contributed by atoms with Crippen molar-refractivity contribution in [3.05, 3.63) is 65.7 Å². The summed E-state index contributed by atoms with van der Waals surface area (Å²) in [4.78, 5) is 24.6. The highest BCUT2D eigenvalue weighted by Crippen LogP contribution is 2.26. The van der Waals surface area contributed by atoms with Crippen LogP contribution < -0.4 is 10.1 Å². The Hall–Kier alpha value is -3.10. The first-order chi connectivity index (χ1) is 17.3. The molecule has 0 bridgehead atoms. The fourth-order valence-electron chi connectivity index (χ4n) is 3.75. The summed E-state index contributed by atoms with van der Waals surface area (Å²) in [6.07, 6.45) is 2.94. The first-order valence-electron chi connectivity index (χ1n) is 12.5. The maximum atomic E-state index is 12.5. The summed E-state index contributed by atoms with van der Waals surface area (Å²) >= 11 is 0. The fourth-order valence-corrected chi connectivity index (χ4v) is 3.75. The van der Waals surface area contributed by atoms with Gasteiger partial charge in [-0.3, -0.25) is 0 Å². The average Bonchev–Trinajstić information content (AvgIpc) is 3.37. The molecule has 196 valence electrons. The van der Waals surface area contributed by atoms with E-state index in [0.717, 1.165) is 36.8 Å². The Labute approximate surface area is 213 Å². The predicted octanol–water partition coefficient (Wildman–Crippen LogP) is 5.16. The lowest BCUT2D eigenvalue weighted by Crippen LogP contribution is -2.35. The molecular weight excluding hydrogens is 462 g/mol. The molecule has 1 N–H and O–H groups in total. The van der Waals surface area contributed by atoms with E-state index >= 15 is 0 Å². The Morgan fingerprint density at radius 3 is 2.42 bits per heavy atom. The van der Waals surface area contributed by atoms with Crippen LogP contribution in [0.5, 0.6) is 5.75 Å². The monoisotopic (exact) mass is 499 g/mol. The lowest BCUT2D eigenvalue weighted by molar-refractivity contribution is -0.146. The van der Waals surface area contributed by atoms with Crippen molar-refractivity contribution >= 4 is 12.1 Å². The van der Waals surface area contributed by atoms with Crippen molar-refractivity contribution in [3.8, 4) is 5.75 Å². The summed E-state index contributed by atoms with van der Waals surface area (Å²) < 4.78 is 27.2. The van der Waals surface area contributed by atoms with E-state index in [2.05, 4.69) is 5.32 Å². The number of hydrogen-bond donors (Lipinski definition) is 1. The third kappa shape index (κ3) is 9.87. The molecule has 0 aliphatic carbocycles. The van der Waals surface area contributed by atoms with Crippen LogP contribution in [0.15, 0.2) is 54.6 Å². The van der Waals surface area contributed by atoms with Gasteiger partial charge >= 0.3 is 12.1 Å². The van der Waals surface area contributed by atoms with Gasteiger partial charge in [-0.15, -0.1) is 0 Å². The van der Waals surface area contributed by atoms with Crippen LogP contribution in [0.4, 0.5) is 4.79 Å². The molecule has 8 heteroatoms. The minimum atomic E-state index is -0.616. The van der Waals surface area contributed by atoms with Gasteiger partial charge in [-0.1, -0.05) is 42.5 Å². The largest absolute Gasteiger partial charge is 0.482 e. The lowest BCUT2D eigenvalue weighted by Gasteiger charge is -2.24. The molecule has 1 unspecified atom stereocenters. The van der Waals surface area contributed by atoms with E-state index in [1.807, 2.05) is 63.2 Å². The Bertz CT molecular complexity index is 952. The predicted molar refractivity (Wildman–Crippen MR) is 135 cm³/mol. The van der Waals surface area contributed by atoms with E-state index in [4.69, 9.17) is 23.7 Å². The number of hydrogen-bond acceptors (Lipinski definition) is 7. The van der Waals surface area contributed by atoms with Crippen molar-refractivity contribution in [2.24, 2.45) is 0 Å². The molecule has 1 aliphatic heterocycles. The van der Waals surface area contributed by atoms with Crippen LogP contribution in [0.3, 0.4) is 0 Å². The second-order valence-electron chi connectivity index (χ2n) is 9.59. The molecule has 1 fully saturated rings. The van der Waals surface area contributed by atoms with Crippen LogP contribution in [0, 0.1) is 0 Å². The molecule has 1 atom stereocenters. The van der Waals surface area contributed by atoms with E-state index in [-0.39, 0.29) is 12.9 Å². The number of rotatable bonds is 12. The zero-order valence-corrected chi connectivity index (χ0v) is 21.4. The summed E-state index contributed by atoms with van der Waals surface area (Å²) in [5.74, 6) is 0.0854. The van der Waals surface area contributed by atoms with Crippen molar-refractivity contribution in [1.82, 2.24) is 5.32 Å². The molecule has 8 nitrogen and oxygen atoms in total. The SMILES string of the molecule is CC(C)(C)OC(=O)NC(c1ccccc1)c1cccc(OCC(=O)OCCCCCC2OCCO2)c1. The molecule has 1 aliphatic rings. The second kappa shape index (κ2) is 13.8. The van der Waals surface area contributed by atoms with Crippen LogP contribution in [-0.2, 0) is 23.7 Å². The van der Waals surface area contributed by atoms with Gasteiger partial charge in [-0.2, -0.15) is 0 Å². The van der Waals surface area contributed by atoms with Crippen molar-refractivity contribution in [2.75, 3.05) is 26.4 Å². The number of ether oxygens (including phenoxy) is 5. The number of amides is 1. The Morgan fingerprint density at radius 2 is 1.69 bits per heavy atom. The summed E-state index contributed by atoms with van der Waals surface area (Å²) in [5, 5.41) is 2.94. The minimum absolute atomic E-state index is 0.0856. The number of carbonyl (C=O) groups is 2. The molecule has 1 heterocycles. The quantitative estimate of drug-likeness (QED) is 0.319. The average molecular weight is 500 g/mol. The molecule has 0 saturated carbocycles. The highest BCUT2D eigenvalue weighted by Gasteiger charge is 2.22. The topological polar surface area (TPSA) is 92.3 Å². The number of alkyl carbamates (subject to hydrolysis) is 1. The lowest BCUT2D eigenvalue weighted by atomic mass is 9.98. The minimum Gasteiger partial charge on any atom is -0.482 e. The smallest absolute Gasteiger partial charge is 0.408 e. The molecule has 1 amide bonds. The molecule has 0 radical (unpaired) electrons. The maximum absolute atomic E-state index is 12.5. The normalized spacial score (nSPS) is 14.8. The van der Waals surface area contributed by atoms with Gasteiger partial charge in [0.25, 0.3) is 0 Å². The second-order valence-corrected chi connectivity index (χ2v) is 9.59. The summed E-state index contributed by atoms with van der Waals surface area (Å²) in [6.45, 7) is 6.94. The van der Waals surface area contributed by atoms with Crippen LogP contribution in [0.2, 0.25) is 0 Å². The Kier molecular flexibility index (Phi) is 10.6. The van der Waals surface area contributed by atoms with Crippen molar-refractivity contribution in [2.45, 2.75) is 64.4 Å². The van der Waals surface area contributed by atoms with E-state index in [1.165, 1.54) is 0 Å². The van der Waals surface area contributed by atoms with Gasteiger partial charge in [0.1, 0.15) is 11.4 Å². The molecule has 2 aromatic rings. The summed E-state index contributed by atoms with van der Waals surface area (Å²) in [6, 6.07) is 16.4. The van der Waals surface area contributed by atoms with Gasteiger partial charge < -0.3 is 29.0 Å². The third-order valence-corrected chi connectivity index (χ3v) is 5.38. The first-order valence-corrected chi connectivity index (χ1v) is 12.5. The van der Waals surface area contributed by atoms with Crippen molar-refractivity contribution in [3.63, 3.8) is 0 Å². The van der Waals surface area contributed by atoms with Gasteiger partial charge in [-0.05, 0) is 69.7 Å². The van der Waals surface area contributed by atoms with Gasteiger partial charge in [0.2, 0.25) is 0 Å². The maximum Gasteiger partial charge on any atom is 0.408 e. The van der Waals surface area contributed by atoms with E-state index in [1.54, 1.807) is 12.1 Å². The van der Waals surface area contributed by atoms with Crippen molar-refractivity contribution < 1.29 is 33.3 Å². The molecule has 36 heavy (non-hydrogen) atoms. The molecular formula is C28H37NO7. The zero-order valence-electron chi connectivity index (χ0n) is 21.4. The number of nitrogens with one attached hydrogen (secondary N) is 1. The Morgan fingerprint density at radius 1 is 0.972 bits per heavy atom. The van der Waals surface area contributed by atoms with E-state index < -0.39 is 23.7 Å².